The van der Waals surface area contributed by atoms with E-state index in [1.54, 1.807) is 5.57 Å². The van der Waals surface area contributed by atoms with Gasteiger partial charge in [0.05, 0.1) is 0 Å². The maximum atomic E-state index is 13.4. The summed E-state index contributed by atoms with van der Waals surface area (Å²) in [5, 5.41) is 15.3. The van der Waals surface area contributed by atoms with E-state index in [4.69, 9.17) is 0 Å². The first kappa shape index (κ1) is 29.1. The van der Waals surface area contributed by atoms with E-state index in [9.17, 15) is 14.7 Å². The van der Waals surface area contributed by atoms with Gasteiger partial charge < -0.3 is 10.4 Å². The third-order valence-corrected chi connectivity index (χ3v) is 14.4. The standard InChI is InChI=1S/C37H53NO3/c1-23(2)29-26(39)22-33(5)18-20-35(7)25(30(29)33)14-15-28-34(6)19-21-37(41,38-31(40)24-12-10-9-11-13-24)32(3,4)27(34)16-17-36(28,35)8/h9-13,23,25,27-28,41H,14-22H2,1-8H3,(H,38,40)/t25-,27+,28-,33+,34+,35-,36-,37+/m1/s1. The van der Waals surface area contributed by atoms with E-state index in [0.29, 0.717) is 47.9 Å². The summed E-state index contributed by atoms with van der Waals surface area (Å²) >= 11 is 0. The lowest BCUT2D eigenvalue weighted by atomic mass is 9.32. The van der Waals surface area contributed by atoms with Crippen molar-refractivity contribution in [1.82, 2.24) is 5.32 Å². The fraction of sp³-hybridized carbons (Fsp3) is 0.730. The molecular formula is C37H53NO3. The van der Waals surface area contributed by atoms with Gasteiger partial charge in [-0.25, -0.2) is 0 Å². The van der Waals surface area contributed by atoms with Crippen LogP contribution in [0.5, 0.6) is 0 Å². The molecule has 1 aromatic rings. The molecule has 0 radical (unpaired) electrons. The number of hydrogen-bond donors (Lipinski definition) is 2. The number of nitrogens with one attached hydrogen (secondary N) is 1. The van der Waals surface area contributed by atoms with Gasteiger partial charge in [0.1, 0.15) is 5.72 Å². The monoisotopic (exact) mass is 559 g/mol. The SMILES string of the molecule is CC(C)C1=C2[C@H]3CC[C@@H]4[C@@]5(C)CC[C@@](O)(NC(=O)c6ccccc6)C(C)(C)[C@@H]5CC[C@@]4(C)[C@]3(C)CC[C@@]2(C)CC1=O. The number of benzene rings is 1. The second-order valence-electron chi connectivity index (χ2n) is 16.7. The molecule has 0 saturated heterocycles. The molecule has 5 aliphatic rings. The Morgan fingerprint density at radius 3 is 2.20 bits per heavy atom. The second kappa shape index (κ2) is 9.04. The topological polar surface area (TPSA) is 66.4 Å². The quantitative estimate of drug-likeness (QED) is 0.368. The molecule has 0 aromatic heterocycles. The van der Waals surface area contributed by atoms with Gasteiger partial charge >= 0.3 is 0 Å². The van der Waals surface area contributed by atoms with Crippen molar-refractivity contribution in [2.45, 2.75) is 119 Å². The number of carbonyl (C=O) groups is 2. The number of Topliss-reactive ketones (excluding diaryl/α,β-unsaturated/α-hetero) is 1. The molecule has 0 unspecified atom stereocenters. The smallest absolute Gasteiger partial charge is 0.253 e. The van der Waals surface area contributed by atoms with Crippen LogP contribution in [0.25, 0.3) is 0 Å². The van der Waals surface area contributed by atoms with Gasteiger partial charge in [0, 0.05) is 17.4 Å². The van der Waals surface area contributed by atoms with Gasteiger partial charge in [-0.05, 0) is 114 Å². The Hall–Kier alpha value is -1.94. The van der Waals surface area contributed by atoms with Crippen molar-refractivity contribution < 1.29 is 14.7 Å². The summed E-state index contributed by atoms with van der Waals surface area (Å²) < 4.78 is 0. The summed E-state index contributed by atoms with van der Waals surface area (Å²) in [6, 6.07) is 9.29. The molecule has 224 valence electrons. The van der Waals surface area contributed by atoms with Crippen LogP contribution in [-0.2, 0) is 4.79 Å². The van der Waals surface area contributed by atoms with Crippen LogP contribution in [0.15, 0.2) is 41.5 Å². The van der Waals surface area contributed by atoms with Crippen molar-refractivity contribution in [2.24, 2.45) is 50.7 Å². The first-order valence-corrected chi connectivity index (χ1v) is 16.4. The average Bonchev–Trinajstić information content (AvgIpc) is 3.18. The van der Waals surface area contributed by atoms with Crippen molar-refractivity contribution in [3.63, 3.8) is 0 Å². The second-order valence-corrected chi connectivity index (χ2v) is 16.7. The first-order valence-electron chi connectivity index (χ1n) is 16.4. The highest BCUT2D eigenvalue weighted by Gasteiger charge is 2.71. The molecular weight excluding hydrogens is 506 g/mol. The Balaban J connectivity index is 1.34. The minimum Gasteiger partial charge on any atom is -0.370 e. The number of aliphatic hydroxyl groups is 1. The molecule has 6 rings (SSSR count). The van der Waals surface area contributed by atoms with Crippen molar-refractivity contribution in [3.8, 4) is 0 Å². The zero-order chi connectivity index (χ0) is 29.8. The largest absolute Gasteiger partial charge is 0.370 e. The third-order valence-electron chi connectivity index (χ3n) is 14.4. The highest BCUT2D eigenvalue weighted by molar-refractivity contribution is 6.00. The van der Waals surface area contributed by atoms with Crippen LogP contribution < -0.4 is 5.32 Å². The van der Waals surface area contributed by atoms with E-state index in [2.05, 4.69) is 60.7 Å². The summed E-state index contributed by atoms with van der Waals surface area (Å²) in [7, 11) is 0. The molecule has 4 nitrogen and oxygen atoms in total. The Bertz CT molecular complexity index is 1300. The zero-order valence-electron chi connectivity index (χ0n) is 26.8. The van der Waals surface area contributed by atoms with Crippen LogP contribution in [0.1, 0.15) is 124 Å². The Labute approximate surface area is 248 Å². The van der Waals surface area contributed by atoms with Gasteiger partial charge in [0.25, 0.3) is 5.91 Å². The van der Waals surface area contributed by atoms with Gasteiger partial charge in [-0.3, -0.25) is 9.59 Å². The van der Waals surface area contributed by atoms with Crippen LogP contribution in [0.3, 0.4) is 0 Å². The predicted molar refractivity (Wildman–Crippen MR) is 164 cm³/mol. The van der Waals surface area contributed by atoms with E-state index < -0.39 is 11.1 Å². The molecule has 5 aliphatic carbocycles. The maximum absolute atomic E-state index is 13.4. The van der Waals surface area contributed by atoms with E-state index in [1.165, 1.54) is 24.8 Å². The lowest BCUT2D eigenvalue weighted by molar-refractivity contribution is -0.256. The van der Waals surface area contributed by atoms with Gasteiger partial charge in [0.2, 0.25) is 0 Å². The predicted octanol–water partition coefficient (Wildman–Crippen LogP) is 8.11. The number of amides is 1. The zero-order valence-corrected chi connectivity index (χ0v) is 26.8. The fourth-order valence-electron chi connectivity index (χ4n) is 11.9. The van der Waals surface area contributed by atoms with Crippen LogP contribution in [0.4, 0.5) is 0 Å². The van der Waals surface area contributed by atoms with Crippen LogP contribution >= 0.6 is 0 Å². The summed E-state index contributed by atoms with van der Waals surface area (Å²) in [6.07, 6.45) is 9.10. The normalized spacial score (nSPS) is 45.0. The molecule has 4 fully saturated rings. The lowest BCUT2D eigenvalue weighted by Crippen LogP contribution is -2.70. The first-order chi connectivity index (χ1) is 19.0. The highest BCUT2D eigenvalue weighted by atomic mass is 16.3. The highest BCUT2D eigenvalue weighted by Crippen LogP contribution is 2.77. The minimum atomic E-state index is -1.24. The van der Waals surface area contributed by atoms with Crippen LogP contribution in [0.2, 0.25) is 0 Å². The summed E-state index contributed by atoms with van der Waals surface area (Å²) in [5.41, 5.74) is 2.10. The molecule has 0 spiro atoms. The molecule has 2 N–H and O–H groups in total. The van der Waals surface area contributed by atoms with Crippen molar-refractivity contribution in [3.05, 3.63) is 47.0 Å². The fourth-order valence-corrected chi connectivity index (χ4v) is 11.9. The number of ketones is 1. The summed E-state index contributed by atoms with van der Waals surface area (Å²) in [6.45, 7) is 18.9. The van der Waals surface area contributed by atoms with Gasteiger partial charge in [-0.15, -0.1) is 0 Å². The van der Waals surface area contributed by atoms with Crippen LogP contribution in [0, 0.1) is 50.7 Å². The summed E-state index contributed by atoms with van der Waals surface area (Å²) in [4.78, 5) is 26.6. The molecule has 4 saturated carbocycles. The summed E-state index contributed by atoms with van der Waals surface area (Å²) in [5.74, 6) is 1.89. The third kappa shape index (κ3) is 3.74. The average molecular weight is 560 g/mol. The Morgan fingerprint density at radius 1 is 0.854 bits per heavy atom. The lowest BCUT2D eigenvalue weighted by Gasteiger charge is -2.73. The molecule has 1 aromatic carbocycles. The van der Waals surface area contributed by atoms with E-state index in [1.807, 2.05) is 30.3 Å². The number of rotatable bonds is 3. The number of allylic oxidation sites excluding steroid dienone is 2. The molecule has 0 heterocycles. The number of carbonyl (C=O) groups excluding carboxylic acids is 2. The van der Waals surface area contributed by atoms with Crippen molar-refractivity contribution >= 4 is 11.7 Å². The van der Waals surface area contributed by atoms with E-state index in [-0.39, 0.29) is 27.6 Å². The molecule has 1 amide bonds. The molecule has 41 heavy (non-hydrogen) atoms. The number of hydrogen-bond acceptors (Lipinski definition) is 3. The van der Waals surface area contributed by atoms with Crippen LogP contribution in [-0.4, -0.2) is 22.5 Å². The van der Waals surface area contributed by atoms with E-state index in [0.717, 1.165) is 25.7 Å². The molecule has 4 heteroatoms. The Morgan fingerprint density at radius 2 is 1.54 bits per heavy atom. The number of fused-ring (bicyclic) bond motifs is 7. The van der Waals surface area contributed by atoms with E-state index >= 15 is 0 Å². The maximum Gasteiger partial charge on any atom is 0.253 e. The van der Waals surface area contributed by atoms with Crippen molar-refractivity contribution in [1.29, 1.82) is 0 Å². The molecule has 0 aliphatic heterocycles. The van der Waals surface area contributed by atoms with Crippen molar-refractivity contribution in [2.75, 3.05) is 0 Å². The Kier molecular flexibility index (Phi) is 6.42. The molecule has 0 bridgehead atoms. The van der Waals surface area contributed by atoms with Gasteiger partial charge in [-0.1, -0.05) is 79.2 Å². The van der Waals surface area contributed by atoms with Gasteiger partial charge in [0.15, 0.2) is 5.78 Å². The van der Waals surface area contributed by atoms with Gasteiger partial charge in [-0.2, -0.15) is 0 Å². The minimum absolute atomic E-state index is 0.0471. The molecule has 8 atom stereocenters.